The van der Waals surface area contributed by atoms with Gasteiger partial charge in [0, 0.05) is 16.4 Å². The van der Waals surface area contributed by atoms with E-state index in [4.69, 9.17) is 4.74 Å². The van der Waals surface area contributed by atoms with Gasteiger partial charge in [-0.25, -0.2) is 0 Å². The maximum absolute atomic E-state index is 6.39. The molecule has 6 aliphatic rings. The van der Waals surface area contributed by atoms with Crippen molar-refractivity contribution in [2.75, 3.05) is 0 Å². The standard InChI is InChI=1S/C44H32O/c1-3-13-39-34(9-1)35-16-15-29(25-40(35)44(39)31-20-26-19-27(22-31)23-32(44)21-26)28-7-5-8-30(24-28)33-17-18-42-43-37(33)11-6-12-38(43)36-10-2-4-14-41(36)45-42/h1-18,20,24-25,27,31-32H,19,21-23H2. The van der Waals surface area contributed by atoms with Gasteiger partial charge in [-0.2, -0.15) is 0 Å². The maximum atomic E-state index is 6.39. The summed E-state index contributed by atoms with van der Waals surface area (Å²) in [5.41, 5.74) is 15.5. The minimum atomic E-state index is 0.118. The van der Waals surface area contributed by atoms with Gasteiger partial charge in [0.05, 0.1) is 0 Å². The van der Waals surface area contributed by atoms with E-state index in [1.165, 1.54) is 75.4 Å². The van der Waals surface area contributed by atoms with E-state index in [9.17, 15) is 0 Å². The minimum absolute atomic E-state index is 0.118. The van der Waals surface area contributed by atoms with E-state index < -0.39 is 0 Å². The summed E-state index contributed by atoms with van der Waals surface area (Å²) in [6.07, 6.45) is 8.04. The van der Waals surface area contributed by atoms with Gasteiger partial charge < -0.3 is 4.74 Å². The molecule has 2 saturated carbocycles. The van der Waals surface area contributed by atoms with Crippen molar-refractivity contribution in [3.05, 3.63) is 144 Å². The molecular formula is C44H32O. The number of benzene rings is 6. The van der Waals surface area contributed by atoms with Crippen LogP contribution in [-0.4, -0.2) is 0 Å². The molecule has 6 aromatic carbocycles. The van der Waals surface area contributed by atoms with Crippen molar-refractivity contribution >= 4 is 10.8 Å². The Morgan fingerprint density at radius 2 is 1.31 bits per heavy atom. The van der Waals surface area contributed by atoms with Gasteiger partial charge >= 0.3 is 0 Å². The SMILES string of the molecule is C1=C2CC3CC1C1(c4ccccc4-c4ccc(-c5cccc(-c6ccc7c8c(cccc68)-c6ccccc6O7)c5)cc41)C(C2)C3. The monoisotopic (exact) mass is 576 g/mol. The van der Waals surface area contributed by atoms with Crippen LogP contribution in [0.5, 0.6) is 11.5 Å². The van der Waals surface area contributed by atoms with Gasteiger partial charge in [-0.15, -0.1) is 0 Å². The highest BCUT2D eigenvalue weighted by Crippen LogP contribution is 2.67. The lowest BCUT2D eigenvalue weighted by molar-refractivity contribution is 0.0835. The lowest BCUT2D eigenvalue weighted by Gasteiger charge is -2.57. The average Bonchev–Trinajstić information content (AvgIpc) is 3.37. The minimum Gasteiger partial charge on any atom is -0.456 e. The van der Waals surface area contributed by atoms with Gasteiger partial charge in [-0.3, -0.25) is 0 Å². The Bertz CT molecular complexity index is 2290. The van der Waals surface area contributed by atoms with Crippen LogP contribution in [0, 0.1) is 17.8 Å². The zero-order valence-electron chi connectivity index (χ0n) is 25.1. The Hall–Kier alpha value is -4.88. The summed E-state index contributed by atoms with van der Waals surface area (Å²) in [7, 11) is 0. The molecule has 6 aromatic rings. The Labute approximate surface area is 263 Å². The summed E-state index contributed by atoms with van der Waals surface area (Å²) >= 11 is 0. The highest BCUT2D eigenvalue weighted by atomic mass is 16.5. The van der Waals surface area contributed by atoms with Gasteiger partial charge in [0.1, 0.15) is 11.5 Å². The summed E-state index contributed by atoms with van der Waals surface area (Å²) < 4.78 is 6.39. The quantitative estimate of drug-likeness (QED) is 0.186. The maximum Gasteiger partial charge on any atom is 0.135 e. The molecule has 5 aliphatic carbocycles. The topological polar surface area (TPSA) is 9.23 Å². The van der Waals surface area contributed by atoms with E-state index >= 15 is 0 Å². The average molecular weight is 577 g/mol. The Balaban J connectivity index is 1.07. The van der Waals surface area contributed by atoms with Crippen LogP contribution >= 0.6 is 0 Å². The number of hydrogen-bond acceptors (Lipinski definition) is 1. The smallest absolute Gasteiger partial charge is 0.135 e. The lowest BCUT2D eigenvalue weighted by Crippen LogP contribution is -2.51. The third-order valence-corrected chi connectivity index (χ3v) is 12.0. The number of rotatable bonds is 2. The van der Waals surface area contributed by atoms with Gasteiger partial charge in [-0.1, -0.05) is 109 Å². The molecule has 2 fully saturated rings. The van der Waals surface area contributed by atoms with E-state index in [1.54, 1.807) is 16.7 Å². The number of allylic oxidation sites excluding steroid dienone is 2. The lowest BCUT2D eigenvalue weighted by atomic mass is 9.46. The van der Waals surface area contributed by atoms with Crippen molar-refractivity contribution in [3.63, 3.8) is 0 Å². The molecule has 0 aromatic heterocycles. The van der Waals surface area contributed by atoms with Crippen molar-refractivity contribution < 1.29 is 4.74 Å². The zero-order chi connectivity index (χ0) is 29.3. The molecule has 4 atom stereocenters. The number of para-hydroxylation sites is 1. The van der Waals surface area contributed by atoms with Crippen molar-refractivity contribution in [3.8, 4) is 56.0 Å². The molecule has 4 unspecified atom stereocenters. The number of hydrogen-bond donors (Lipinski definition) is 0. The van der Waals surface area contributed by atoms with Gasteiger partial charge in [0.15, 0.2) is 0 Å². The summed E-state index contributed by atoms with van der Waals surface area (Å²) in [6.45, 7) is 0. The normalized spacial score (nSPS) is 24.3. The highest BCUT2D eigenvalue weighted by Gasteiger charge is 2.59. The molecule has 4 bridgehead atoms. The predicted molar refractivity (Wildman–Crippen MR) is 184 cm³/mol. The number of fused-ring (bicyclic) bond motifs is 5. The second-order valence-electron chi connectivity index (χ2n) is 14.1. The van der Waals surface area contributed by atoms with Crippen LogP contribution < -0.4 is 4.74 Å². The first-order chi connectivity index (χ1) is 22.3. The van der Waals surface area contributed by atoms with E-state index in [1.807, 2.05) is 6.07 Å². The van der Waals surface area contributed by atoms with Crippen molar-refractivity contribution in [1.29, 1.82) is 0 Å². The fraction of sp³-hybridized carbons (Fsp3) is 0.182. The molecule has 12 rings (SSSR count). The third-order valence-electron chi connectivity index (χ3n) is 12.0. The van der Waals surface area contributed by atoms with Crippen LogP contribution in [0.3, 0.4) is 0 Å². The summed E-state index contributed by atoms with van der Waals surface area (Å²) in [5.74, 6) is 4.08. The van der Waals surface area contributed by atoms with Crippen LogP contribution in [0.25, 0.3) is 55.3 Å². The molecule has 1 heteroatoms. The molecular weight excluding hydrogens is 544 g/mol. The molecule has 1 spiro atoms. The van der Waals surface area contributed by atoms with Crippen LogP contribution in [-0.2, 0) is 5.41 Å². The molecule has 0 saturated heterocycles. The first kappa shape index (κ1) is 24.4. The molecule has 0 N–H and O–H groups in total. The molecule has 0 amide bonds. The van der Waals surface area contributed by atoms with Gasteiger partial charge in [0.25, 0.3) is 0 Å². The van der Waals surface area contributed by atoms with Crippen molar-refractivity contribution in [2.45, 2.75) is 31.1 Å². The first-order valence-corrected chi connectivity index (χ1v) is 16.6. The van der Waals surface area contributed by atoms with E-state index in [0.29, 0.717) is 11.8 Å². The molecule has 45 heavy (non-hydrogen) atoms. The molecule has 214 valence electrons. The second-order valence-corrected chi connectivity index (χ2v) is 14.1. The Morgan fingerprint density at radius 1 is 0.533 bits per heavy atom. The Kier molecular flexibility index (Phi) is 4.69. The van der Waals surface area contributed by atoms with Crippen LogP contribution in [0.1, 0.15) is 36.8 Å². The first-order valence-electron chi connectivity index (χ1n) is 16.6. The predicted octanol–water partition coefficient (Wildman–Crippen LogP) is 11.6. The summed E-state index contributed by atoms with van der Waals surface area (Å²) in [6, 6.07) is 45.3. The van der Waals surface area contributed by atoms with E-state index in [0.717, 1.165) is 23.0 Å². The van der Waals surface area contributed by atoms with Gasteiger partial charge in [0.2, 0.25) is 0 Å². The molecule has 1 heterocycles. The van der Waals surface area contributed by atoms with Crippen LogP contribution in [0.15, 0.2) is 133 Å². The molecule has 1 aliphatic heterocycles. The fourth-order valence-electron chi connectivity index (χ4n) is 10.4. The molecule has 1 nitrogen and oxygen atoms in total. The summed E-state index contributed by atoms with van der Waals surface area (Å²) in [5, 5.41) is 2.44. The van der Waals surface area contributed by atoms with Crippen LogP contribution in [0.4, 0.5) is 0 Å². The second kappa shape index (κ2) is 8.64. The van der Waals surface area contributed by atoms with Gasteiger partial charge in [-0.05, 0) is 123 Å². The largest absolute Gasteiger partial charge is 0.456 e. The Morgan fingerprint density at radius 3 is 2.24 bits per heavy atom. The van der Waals surface area contributed by atoms with E-state index in [2.05, 4.69) is 121 Å². The fourth-order valence-corrected chi connectivity index (χ4v) is 10.4. The highest BCUT2D eigenvalue weighted by molar-refractivity contribution is 6.10. The van der Waals surface area contributed by atoms with Crippen molar-refractivity contribution in [1.82, 2.24) is 0 Å². The van der Waals surface area contributed by atoms with Crippen LogP contribution in [0.2, 0.25) is 0 Å². The number of ether oxygens (including phenoxy) is 1. The summed E-state index contributed by atoms with van der Waals surface area (Å²) in [4.78, 5) is 0. The van der Waals surface area contributed by atoms with E-state index in [-0.39, 0.29) is 5.41 Å². The third kappa shape index (κ3) is 3.14. The molecule has 0 radical (unpaired) electrons. The zero-order valence-corrected chi connectivity index (χ0v) is 25.1. The van der Waals surface area contributed by atoms with Crippen molar-refractivity contribution in [2.24, 2.45) is 17.8 Å².